The number of carbonyl (C=O) groups excluding carboxylic acids is 2. The maximum absolute atomic E-state index is 12.8. The molecule has 0 saturated carbocycles. The van der Waals surface area contributed by atoms with E-state index in [1.54, 1.807) is 30.3 Å². The molecule has 0 aliphatic heterocycles. The number of Topliss-reactive ketones (excluding diaryl/α,β-unsaturated/α-hetero) is 1. The van der Waals surface area contributed by atoms with Crippen molar-refractivity contribution in [2.75, 3.05) is 10.6 Å². The van der Waals surface area contributed by atoms with Gasteiger partial charge in [-0.25, -0.2) is 9.97 Å². The maximum Gasteiger partial charge on any atom is 0.274 e. The van der Waals surface area contributed by atoms with Gasteiger partial charge in [0.25, 0.3) is 5.91 Å². The zero-order valence-electron chi connectivity index (χ0n) is 17.0. The van der Waals surface area contributed by atoms with E-state index in [-0.39, 0.29) is 23.3 Å². The summed E-state index contributed by atoms with van der Waals surface area (Å²) >= 11 is 0. The van der Waals surface area contributed by atoms with Crippen LogP contribution in [0, 0.1) is 6.92 Å². The lowest BCUT2D eigenvalue weighted by molar-refractivity contribution is 0.101. The number of carbonyl (C=O) groups is 2. The van der Waals surface area contributed by atoms with E-state index in [1.807, 2.05) is 25.1 Å². The fourth-order valence-electron chi connectivity index (χ4n) is 3.01. The van der Waals surface area contributed by atoms with Crippen LogP contribution in [0.15, 0.2) is 54.9 Å². The molecule has 2 N–H and O–H groups in total. The van der Waals surface area contributed by atoms with Crippen LogP contribution in [0.5, 0.6) is 0 Å². The number of benzene rings is 2. The molecule has 3 rings (SSSR count). The molecule has 0 radical (unpaired) electrons. The lowest BCUT2D eigenvalue weighted by Crippen LogP contribution is -2.16. The predicted octanol–water partition coefficient (Wildman–Crippen LogP) is 5.11. The smallest absolute Gasteiger partial charge is 0.274 e. The first-order chi connectivity index (χ1) is 13.8. The third-order valence-electron chi connectivity index (χ3n) is 4.63. The summed E-state index contributed by atoms with van der Waals surface area (Å²) in [5.74, 6) is 0.494. The van der Waals surface area contributed by atoms with Gasteiger partial charge in [-0.15, -0.1) is 0 Å². The van der Waals surface area contributed by atoms with Gasteiger partial charge < -0.3 is 10.6 Å². The first kappa shape index (κ1) is 20.2. The molecule has 0 fully saturated rings. The normalized spacial score (nSPS) is 10.7. The molecule has 0 spiro atoms. The number of aromatic nitrogens is 2. The van der Waals surface area contributed by atoms with E-state index in [2.05, 4.69) is 34.4 Å². The molecule has 1 aromatic heterocycles. The third kappa shape index (κ3) is 4.85. The number of nitrogens with one attached hydrogen (secondary N) is 2. The van der Waals surface area contributed by atoms with Gasteiger partial charge in [-0.05, 0) is 55.2 Å². The SMILES string of the molecule is CC(=O)c1ccc(Nc2cc(C(=O)Nc3c(C)cccc3C(C)C)ncn2)cc1. The van der Waals surface area contributed by atoms with Gasteiger partial charge in [0.2, 0.25) is 0 Å². The Hall–Kier alpha value is -3.54. The van der Waals surface area contributed by atoms with Gasteiger partial charge in [-0.2, -0.15) is 0 Å². The molecule has 1 heterocycles. The van der Waals surface area contributed by atoms with E-state index in [1.165, 1.54) is 13.3 Å². The summed E-state index contributed by atoms with van der Waals surface area (Å²) in [4.78, 5) is 32.5. The first-order valence-electron chi connectivity index (χ1n) is 9.46. The molecule has 0 saturated heterocycles. The van der Waals surface area contributed by atoms with Gasteiger partial charge in [0.1, 0.15) is 17.8 Å². The van der Waals surface area contributed by atoms with Crippen molar-refractivity contribution in [3.8, 4) is 0 Å². The number of nitrogens with zero attached hydrogens (tertiary/aromatic N) is 2. The molecule has 6 heteroatoms. The molecular weight excluding hydrogens is 364 g/mol. The second kappa shape index (κ2) is 8.65. The number of anilines is 3. The van der Waals surface area contributed by atoms with Crippen LogP contribution in [-0.4, -0.2) is 21.7 Å². The Kier molecular flexibility index (Phi) is 6.02. The number of ketones is 1. The van der Waals surface area contributed by atoms with Crippen molar-refractivity contribution in [3.63, 3.8) is 0 Å². The quantitative estimate of drug-likeness (QED) is 0.574. The molecular formula is C23H24N4O2. The fourth-order valence-corrected chi connectivity index (χ4v) is 3.01. The fraction of sp³-hybridized carbons (Fsp3) is 0.217. The minimum absolute atomic E-state index is 0.00881. The lowest BCUT2D eigenvalue weighted by atomic mass is 9.98. The highest BCUT2D eigenvalue weighted by molar-refractivity contribution is 6.04. The molecule has 6 nitrogen and oxygen atoms in total. The predicted molar refractivity (Wildman–Crippen MR) is 115 cm³/mol. The van der Waals surface area contributed by atoms with Crippen LogP contribution in [0.2, 0.25) is 0 Å². The van der Waals surface area contributed by atoms with Gasteiger partial charge in [0.15, 0.2) is 5.78 Å². The summed E-state index contributed by atoms with van der Waals surface area (Å²) in [6.07, 6.45) is 1.35. The van der Waals surface area contributed by atoms with Crippen LogP contribution in [0.4, 0.5) is 17.2 Å². The molecule has 1 amide bonds. The zero-order chi connectivity index (χ0) is 21.0. The second-order valence-corrected chi connectivity index (χ2v) is 7.19. The van der Waals surface area contributed by atoms with E-state index in [4.69, 9.17) is 0 Å². The number of rotatable bonds is 6. The van der Waals surface area contributed by atoms with Gasteiger partial charge in [0.05, 0.1) is 0 Å². The molecule has 0 bridgehead atoms. The van der Waals surface area contributed by atoms with E-state index < -0.39 is 0 Å². The molecule has 148 valence electrons. The van der Waals surface area contributed by atoms with Crippen molar-refractivity contribution in [2.45, 2.75) is 33.6 Å². The summed E-state index contributed by atoms with van der Waals surface area (Å²) < 4.78 is 0. The number of amides is 1. The minimum Gasteiger partial charge on any atom is -0.340 e. The van der Waals surface area contributed by atoms with Crippen molar-refractivity contribution in [3.05, 3.63) is 77.2 Å². The van der Waals surface area contributed by atoms with Crippen LogP contribution in [0.3, 0.4) is 0 Å². The van der Waals surface area contributed by atoms with E-state index >= 15 is 0 Å². The third-order valence-corrected chi connectivity index (χ3v) is 4.63. The van der Waals surface area contributed by atoms with Gasteiger partial charge >= 0.3 is 0 Å². The number of para-hydroxylation sites is 1. The Morgan fingerprint density at radius 2 is 1.72 bits per heavy atom. The second-order valence-electron chi connectivity index (χ2n) is 7.19. The Balaban J connectivity index is 1.79. The van der Waals surface area contributed by atoms with Crippen LogP contribution < -0.4 is 10.6 Å². The van der Waals surface area contributed by atoms with Crippen molar-refractivity contribution in [1.82, 2.24) is 9.97 Å². The van der Waals surface area contributed by atoms with Crippen LogP contribution >= 0.6 is 0 Å². The monoisotopic (exact) mass is 388 g/mol. The van der Waals surface area contributed by atoms with Crippen molar-refractivity contribution in [2.24, 2.45) is 0 Å². The van der Waals surface area contributed by atoms with Crippen molar-refractivity contribution >= 4 is 28.9 Å². The Morgan fingerprint density at radius 3 is 2.38 bits per heavy atom. The average Bonchev–Trinajstić information content (AvgIpc) is 2.70. The number of aryl methyl sites for hydroxylation is 1. The summed E-state index contributed by atoms with van der Waals surface area (Å²) in [6.45, 7) is 7.68. The summed E-state index contributed by atoms with van der Waals surface area (Å²) in [5, 5.41) is 6.12. The first-order valence-corrected chi connectivity index (χ1v) is 9.46. The summed E-state index contributed by atoms with van der Waals surface area (Å²) in [5.41, 5.74) is 4.57. The molecule has 0 unspecified atom stereocenters. The van der Waals surface area contributed by atoms with E-state index in [0.717, 1.165) is 22.5 Å². The van der Waals surface area contributed by atoms with Crippen LogP contribution in [0.25, 0.3) is 0 Å². The van der Waals surface area contributed by atoms with E-state index in [0.29, 0.717) is 11.4 Å². The van der Waals surface area contributed by atoms with Crippen LogP contribution in [-0.2, 0) is 0 Å². The average molecular weight is 388 g/mol. The van der Waals surface area contributed by atoms with Crippen molar-refractivity contribution < 1.29 is 9.59 Å². The van der Waals surface area contributed by atoms with Gasteiger partial charge in [-0.3, -0.25) is 9.59 Å². The molecule has 3 aromatic rings. The Bertz CT molecular complexity index is 1040. The number of hydrogen-bond donors (Lipinski definition) is 2. The zero-order valence-corrected chi connectivity index (χ0v) is 17.0. The Morgan fingerprint density at radius 1 is 1.00 bits per heavy atom. The highest BCUT2D eigenvalue weighted by Crippen LogP contribution is 2.28. The Labute approximate surface area is 170 Å². The summed E-state index contributed by atoms with van der Waals surface area (Å²) in [7, 11) is 0. The highest BCUT2D eigenvalue weighted by Gasteiger charge is 2.15. The number of hydrogen-bond acceptors (Lipinski definition) is 5. The largest absolute Gasteiger partial charge is 0.340 e. The van der Waals surface area contributed by atoms with Crippen molar-refractivity contribution in [1.29, 1.82) is 0 Å². The maximum atomic E-state index is 12.8. The van der Waals surface area contributed by atoms with Crippen LogP contribution in [0.1, 0.15) is 58.7 Å². The standard InChI is InChI=1S/C23H24N4O2/c1-14(2)19-7-5-6-15(3)22(19)27-23(29)20-12-21(25-13-24-20)26-18-10-8-17(9-11-18)16(4)28/h5-14H,1-4H3,(H,27,29)(H,24,25,26). The minimum atomic E-state index is -0.293. The lowest BCUT2D eigenvalue weighted by Gasteiger charge is -2.16. The topological polar surface area (TPSA) is 84.0 Å². The summed E-state index contributed by atoms with van der Waals surface area (Å²) in [6, 6.07) is 14.6. The molecule has 29 heavy (non-hydrogen) atoms. The highest BCUT2D eigenvalue weighted by atomic mass is 16.2. The van der Waals surface area contributed by atoms with E-state index in [9.17, 15) is 9.59 Å². The molecule has 0 aliphatic carbocycles. The van der Waals surface area contributed by atoms with Gasteiger partial charge in [-0.1, -0.05) is 32.0 Å². The molecule has 0 aliphatic rings. The molecule has 2 aromatic carbocycles. The molecule has 0 atom stereocenters. The van der Waals surface area contributed by atoms with Gasteiger partial charge in [0, 0.05) is 23.0 Å².